The van der Waals surface area contributed by atoms with Crippen molar-refractivity contribution < 1.29 is 37.9 Å². The highest BCUT2D eigenvalue weighted by molar-refractivity contribution is 7.51. The molecule has 9 heteroatoms. The van der Waals surface area contributed by atoms with Crippen LogP contribution in [0.2, 0.25) is 0 Å². The highest BCUT2D eigenvalue weighted by Gasteiger charge is 2.29. The van der Waals surface area contributed by atoms with Gasteiger partial charge in [-0.25, -0.2) is 0 Å². The average Bonchev–Trinajstić information content (AvgIpc) is 3.09. The maximum Gasteiger partial charge on any atom is 0.331 e. The molecule has 0 aliphatic rings. The number of allylic oxidation sites excluding steroid dienone is 4. The Hall–Kier alpha value is -1.47. The van der Waals surface area contributed by atoms with E-state index in [9.17, 15) is 23.9 Å². The zero-order valence-electron chi connectivity index (χ0n) is 34.3. The zero-order chi connectivity index (χ0) is 38.6. The molecule has 0 aliphatic carbocycles. The van der Waals surface area contributed by atoms with Crippen LogP contribution in [0.15, 0.2) is 24.3 Å². The van der Waals surface area contributed by atoms with Gasteiger partial charge in [-0.2, -0.15) is 0 Å². The van der Waals surface area contributed by atoms with E-state index >= 15 is 0 Å². The second-order valence-corrected chi connectivity index (χ2v) is 17.5. The first kappa shape index (κ1) is 50.5. The van der Waals surface area contributed by atoms with Crippen molar-refractivity contribution in [1.29, 1.82) is 0 Å². The van der Waals surface area contributed by atoms with Crippen LogP contribution in [0, 0.1) is 0 Å². The van der Waals surface area contributed by atoms with Gasteiger partial charge in [-0.3, -0.25) is 14.2 Å². The van der Waals surface area contributed by atoms with Crippen LogP contribution in [-0.2, 0) is 23.6 Å². The van der Waals surface area contributed by atoms with Gasteiger partial charge < -0.3 is 23.7 Å². The molecule has 0 aromatic rings. The van der Waals surface area contributed by atoms with Crippen LogP contribution in [0.25, 0.3) is 0 Å². The van der Waals surface area contributed by atoms with E-state index in [4.69, 9.17) is 9.47 Å². The highest BCUT2D eigenvalue weighted by Crippen LogP contribution is 2.34. The Kier molecular flexibility index (Phi) is 34.2. The number of esters is 2. The van der Waals surface area contributed by atoms with Gasteiger partial charge in [-0.05, 0) is 64.2 Å². The van der Waals surface area contributed by atoms with Crippen LogP contribution >= 0.6 is 7.60 Å². The molecule has 52 heavy (non-hydrogen) atoms. The second kappa shape index (κ2) is 35.2. The van der Waals surface area contributed by atoms with Crippen LogP contribution < -0.4 is 0 Å². The molecule has 2 N–H and O–H groups in total. The molecule has 1 unspecified atom stereocenters. The Balaban J connectivity index is 4.31. The number of hydrogen-bond acceptors (Lipinski definition) is 5. The van der Waals surface area contributed by atoms with Gasteiger partial charge in [0, 0.05) is 12.8 Å². The first-order valence-corrected chi connectivity index (χ1v) is 23.3. The number of quaternary nitrogens is 1. The summed E-state index contributed by atoms with van der Waals surface area (Å²) in [6.45, 7) is 4.98. The fourth-order valence-electron chi connectivity index (χ4n) is 6.35. The summed E-state index contributed by atoms with van der Waals surface area (Å²) in [5.74, 6) is -0.609. The number of hydrogen-bond donors (Lipinski definition) is 2. The van der Waals surface area contributed by atoms with Crippen LogP contribution in [-0.4, -0.2) is 72.3 Å². The van der Waals surface area contributed by atoms with Crippen molar-refractivity contribution in [1.82, 2.24) is 0 Å². The van der Waals surface area contributed by atoms with Crippen molar-refractivity contribution in [3.63, 3.8) is 0 Å². The fourth-order valence-corrected chi connectivity index (χ4v) is 7.15. The summed E-state index contributed by atoms with van der Waals surface area (Å²) in [7, 11) is -0.474. The van der Waals surface area contributed by atoms with Gasteiger partial charge in [0.1, 0.15) is 13.2 Å². The summed E-state index contributed by atoms with van der Waals surface area (Å²) in [6.07, 6.45) is 40.0. The molecule has 0 fully saturated rings. The largest absolute Gasteiger partial charge is 0.461 e. The number of likely N-dealkylation sites (N-methyl/N-ethyl adjacent to an activating group) is 1. The minimum atomic E-state index is -4.16. The lowest BCUT2D eigenvalue weighted by Gasteiger charge is -2.33. The fraction of sp³-hybridized carbons (Fsp3) is 0.860. The first-order chi connectivity index (χ1) is 25.0. The third-order valence-corrected chi connectivity index (χ3v) is 10.5. The van der Waals surface area contributed by atoms with Gasteiger partial charge in [-0.15, -0.1) is 0 Å². The van der Waals surface area contributed by atoms with E-state index in [2.05, 4.69) is 38.2 Å². The number of carbonyl (C=O) groups excluding carboxylic acids is 2. The van der Waals surface area contributed by atoms with Crippen LogP contribution in [0.1, 0.15) is 194 Å². The lowest BCUT2D eigenvalue weighted by Crippen LogP contribution is -2.49. The maximum absolute atomic E-state index is 12.8. The third-order valence-electron chi connectivity index (χ3n) is 9.71. The number of ether oxygens (including phenoxy) is 2. The van der Waals surface area contributed by atoms with Crippen LogP contribution in [0.4, 0.5) is 0 Å². The van der Waals surface area contributed by atoms with Crippen molar-refractivity contribution >= 4 is 19.5 Å². The van der Waals surface area contributed by atoms with Crippen molar-refractivity contribution in [2.24, 2.45) is 0 Å². The number of rotatable bonds is 38. The predicted molar refractivity (Wildman–Crippen MR) is 218 cm³/mol. The summed E-state index contributed by atoms with van der Waals surface area (Å²) in [4.78, 5) is 44.0. The third kappa shape index (κ3) is 38.3. The SMILES string of the molecule is CCCCCCCC/C=C\CCCCCCCC(=O)OCC(C[N+](C)(C)CCP(=O)(O)O)OC(=O)CCCCCCC/C=C\CCCCCCCC. The molecule has 0 radical (unpaired) electrons. The first-order valence-electron chi connectivity index (χ1n) is 21.5. The molecule has 0 rings (SSSR count). The van der Waals surface area contributed by atoms with Gasteiger partial charge in [0.2, 0.25) is 0 Å². The van der Waals surface area contributed by atoms with Crippen LogP contribution in [0.3, 0.4) is 0 Å². The minimum Gasteiger partial charge on any atom is -0.461 e. The molecular formula is C43H83NO7P+. The summed E-state index contributed by atoms with van der Waals surface area (Å²) in [6, 6.07) is 0. The zero-order valence-corrected chi connectivity index (χ0v) is 35.2. The van der Waals surface area contributed by atoms with Gasteiger partial charge in [0.25, 0.3) is 0 Å². The van der Waals surface area contributed by atoms with E-state index in [1.807, 2.05) is 14.1 Å². The summed E-state index contributed by atoms with van der Waals surface area (Å²) < 4.78 is 23.1. The number of unbranched alkanes of at least 4 members (excludes halogenated alkanes) is 22. The molecule has 0 aliphatic heterocycles. The van der Waals surface area contributed by atoms with E-state index in [0.717, 1.165) is 64.2 Å². The van der Waals surface area contributed by atoms with Gasteiger partial charge in [0.05, 0.1) is 26.8 Å². The normalized spacial score (nSPS) is 13.0. The number of carbonyl (C=O) groups is 2. The van der Waals surface area contributed by atoms with E-state index in [0.29, 0.717) is 19.4 Å². The second-order valence-electron chi connectivity index (χ2n) is 15.7. The van der Waals surface area contributed by atoms with Crippen molar-refractivity contribution in [3.05, 3.63) is 24.3 Å². The molecule has 0 amide bonds. The maximum atomic E-state index is 12.8. The number of nitrogens with zero attached hydrogens (tertiary/aromatic N) is 1. The summed E-state index contributed by atoms with van der Waals surface area (Å²) in [5, 5.41) is 0. The lowest BCUT2D eigenvalue weighted by atomic mass is 10.1. The van der Waals surface area contributed by atoms with E-state index in [1.54, 1.807) is 0 Å². The molecule has 0 heterocycles. The molecule has 306 valence electrons. The summed E-state index contributed by atoms with van der Waals surface area (Å²) >= 11 is 0. The Bertz CT molecular complexity index is 946. The topological polar surface area (TPSA) is 110 Å². The van der Waals surface area contributed by atoms with Crippen LogP contribution in [0.5, 0.6) is 0 Å². The van der Waals surface area contributed by atoms with E-state index in [-0.39, 0.29) is 35.7 Å². The van der Waals surface area contributed by atoms with Gasteiger partial charge in [0.15, 0.2) is 6.10 Å². The van der Waals surface area contributed by atoms with Crippen molar-refractivity contribution in [3.8, 4) is 0 Å². The Morgan fingerprint density at radius 2 is 0.942 bits per heavy atom. The standard InChI is InChI=1S/C43H82NO7P/c1-5-7-9-11-13-15-17-19-21-23-25-27-29-31-33-35-42(45)50-40-41(39-44(3,4)37-38-52(47,48)49)51-43(46)36-34-32-30-28-26-24-22-20-18-16-14-12-10-8-6-2/h19-22,41H,5-18,23-40H2,1-4H3,(H-,47,48,49)/p+1/b21-19-,22-20-. The molecule has 0 spiro atoms. The van der Waals surface area contributed by atoms with Gasteiger partial charge in [-0.1, -0.05) is 141 Å². The van der Waals surface area contributed by atoms with Crippen molar-refractivity contribution in [2.75, 3.05) is 40.0 Å². The van der Waals surface area contributed by atoms with Crippen molar-refractivity contribution in [2.45, 2.75) is 200 Å². The minimum absolute atomic E-state index is 0.0420. The Morgan fingerprint density at radius 3 is 1.35 bits per heavy atom. The monoisotopic (exact) mass is 757 g/mol. The van der Waals surface area contributed by atoms with E-state index < -0.39 is 13.7 Å². The Labute approximate surface area is 320 Å². The molecule has 0 saturated carbocycles. The molecule has 1 atom stereocenters. The Morgan fingerprint density at radius 1 is 0.577 bits per heavy atom. The molecule has 0 saturated heterocycles. The molecule has 0 aromatic heterocycles. The highest BCUT2D eigenvalue weighted by atomic mass is 31.2. The van der Waals surface area contributed by atoms with Gasteiger partial charge >= 0.3 is 19.5 Å². The average molecular weight is 757 g/mol. The molecule has 0 aromatic carbocycles. The lowest BCUT2D eigenvalue weighted by molar-refractivity contribution is -0.890. The molecule has 0 bridgehead atoms. The predicted octanol–water partition coefficient (Wildman–Crippen LogP) is 11.8. The molecule has 8 nitrogen and oxygen atoms in total. The quantitative estimate of drug-likeness (QED) is 0.0212. The smallest absolute Gasteiger partial charge is 0.331 e. The molecular weight excluding hydrogens is 673 g/mol. The summed E-state index contributed by atoms with van der Waals surface area (Å²) in [5.41, 5.74) is 0. The van der Waals surface area contributed by atoms with E-state index in [1.165, 1.54) is 103 Å².